The molecule has 1 atom stereocenters. The number of amides is 2. The molecule has 0 aliphatic carbocycles. The van der Waals surface area contributed by atoms with E-state index in [0.29, 0.717) is 0 Å². The van der Waals surface area contributed by atoms with Crippen LogP contribution in [-0.4, -0.2) is 44.8 Å². The summed E-state index contributed by atoms with van der Waals surface area (Å²) in [5.74, 6) is -0.930. The number of sulfonamides is 1. The Hall–Kier alpha value is -3.85. The summed E-state index contributed by atoms with van der Waals surface area (Å²) in [6.07, 6.45) is 0.232. The molecule has 0 bridgehead atoms. The molecule has 2 amide bonds. The van der Waals surface area contributed by atoms with Gasteiger partial charge in [0, 0.05) is 20.0 Å². The van der Waals surface area contributed by atoms with Crippen molar-refractivity contribution in [2.75, 3.05) is 17.9 Å². The highest BCUT2D eigenvalue weighted by molar-refractivity contribution is 7.92. The van der Waals surface area contributed by atoms with E-state index in [2.05, 4.69) is 5.32 Å². The molecule has 7 nitrogen and oxygen atoms in total. The molecule has 0 fully saturated rings. The normalized spacial score (nSPS) is 11.9. The minimum absolute atomic E-state index is 0.00865. The minimum atomic E-state index is -4.24. The van der Waals surface area contributed by atoms with Gasteiger partial charge in [-0.1, -0.05) is 101 Å². The molecule has 0 aliphatic heterocycles. The van der Waals surface area contributed by atoms with Gasteiger partial charge in [-0.25, -0.2) is 8.42 Å². The summed E-state index contributed by atoms with van der Waals surface area (Å²) in [5, 5.41) is 3.06. The molecule has 0 spiro atoms. The number of nitrogens with zero attached hydrogens (tertiary/aromatic N) is 2. The van der Waals surface area contributed by atoms with Gasteiger partial charge in [0.25, 0.3) is 10.0 Å². The lowest BCUT2D eigenvalue weighted by atomic mass is 10.0. The average Bonchev–Trinajstić information content (AvgIpc) is 2.99. The fourth-order valence-corrected chi connectivity index (χ4v) is 6.43. The molecular formula is C33H33Cl2N3O4S. The number of halogens is 2. The molecule has 4 aromatic rings. The number of hydrogen-bond donors (Lipinski definition) is 1. The largest absolute Gasteiger partial charge is 0.357 e. The third-order valence-corrected chi connectivity index (χ3v) is 9.56. The van der Waals surface area contributed by atoms with Gasteiger partial charge in [0.15, 0.2) is 0 Å². The average molecular weight is 639 g/mol. The summed E-state index contributed by atoms with van der Waals surface area (Å²) in [6, 6.07) is 26.8. The highest BCUT2D eigenvalue weighted by Crippen LogP contribution is 2.31. The molecule has 0 heterocycles. The maximum atomic E-state index is 14.3. The number of nitrogens with one attached hydrogen (secondary N) is 1. The van der Waals surface area contributed by atoms with Crippen molar-refractivity contribution in [3.05, 3.63) is 129 Å². The topological polar surface area (TPSA) is 86.8 Å². The Morgan fingerprint density at radius 2 is 1.47 bits per heavy atom. The van der Waals surface area contributed by atoms with Gasteiger partial charge in [0.1, 0.15) is 12.6 Å². The van der Waals surface area contributed by atoms with Crippen molar-refractivity contribution in [1.82, 2.24) is 10.2 Å². The second kappa shape index (κ2) is 14.1. The molecule has 4 aromatic carbocycles. The molecule has 224 valence electrons. The van der Waals surface area contributed by atoms with Crippen LogP contribution in [0.4, 0.5) is 5.69 Å². The fourth-order valence-electron chi connectivity index (χ4n) is 4.73. The van der Waals surface area contributed by atoms with Crippen LogP contribution in [0.1, 0.15) is 22.3 Å². The van der Waals surface area contributed by atoms with Gasteiger partial charge in [0.2, 0.25) is 11.8 Å². The van der Waals surface area contributed by atoms with Crippen molar-refractivity contribution < 1.29 is 18.0 Å². The van der Waals surface area contributed by atoms with Crippen molar-refractivity contribution in [3.63, 3.8) is 0 Å². The molecule has 10 heteroatoms. The summed E-state index contributed by atoms with van der Waals surface area (Å²) >= 11 is 12.4. The second-order valence-corrected chi connectivity index (χ2v) is 12.9. The summed E-state index contributed by atoms with van der Waals surface area (Å²) in [7, 11) is -2.72. The Kier molecular flexibility index (Phi) is 10.5. The third-order valence-electron chi connectivity index (χ3n) is 7.03. The first-order valence-corrected chi connectivity index (χ1v) is 15.8. The van der Waals surface area contributed by atoms with Crippen LogP contribution in [0.15, 0.2) is 102 Å². The molecule has 0 saturated heterocycles. The zero-order valence-electron chi connectivity index (χ0n) is 24.1. The smallest absolute Gasteiger partial charge is 0.264 e. The van der Waals surface area contributed by atoms with Crippen LogP contribution >= 0.6 is 23.2 Å². The van der Waals surface area contributed by atoms with Crippen molar-refractivity contribution in [3.8, 4) is 0 Å². The maximum absolute atomic E-state index is 14.3. The Morgan fingerprint density at radius 3 is 2.09 bits per heavy atom. The number of rotatable bonds is 11. The third kappa shape index (κ3) is 7.96. The number of carbonyl (C=O) groups is 2. The quantitative estimate of drug-likeness (QED) is 0.212. The van der Waals surface area contributed by atoms with Crippen LogP contribution < -0.4 is 9.62 Å². The molecule has 0 aliphatic rings. The number of likely N-dealkylation sites (N-methyl/N-ethyl adjacent to an activating group) is 1. The van der Waals surface area contributed by atoms with E-state index < -0.39 is 28.5 Å². The van der Waals surface area contributed by atoms with Gasteiger partial charge >= 0.3 is 0 Å². The van der Waals surface area contributed by atoms with E-state index in [-0.39, 0.29) is 39.5 Å². The van der Waals surface area contributed by atoms with E-state index in [4.69, 9.17) is 23.2 Å². The molecule has 0 aromatic heterocycles. The molecule has 0 unspecified atom stereocenters. The lowest BCUT2D eigenvalue weighted by Gasteiger charge is -2.33. The highest BCUT2D eigenvalue weighted by Gasteiger charge is 2.34. The van der Waals surface area contributed by atoms with Crippen LogP contribution in [0.25, 0.3) is 0 Å². The zero-order chi connectivity index (χ0) is 31.1. The Morgan fingerprint density at radius 1 is 0.791 bits per heavy atom. The number of anilines is 1. The van der Waals surface area contributed by atoms with Gasteiger partial charge in [-0.2, -0.15) is 0 Å². The molecule has 0 saturated carbocycles. The van der Waals surface area contributed by atoms with Gasteiger partial charge in [0.05, 0.1) is 20.6 Å². The SMILES string of the molecule is CNC(=O)[C@@H](Cc1ccccc1)N(Cc1cccc(C)c1)C(=O)CN(c1ccc(Cl)c(Cl)c1)S(=O)(=O)c1ccc(C)cc1. The van der Waals surface area contributed by atoms with Crippen LogP contribution in [0.2, 0.25) is 10.0 Å². The van der Waals surface area contributed by atoms with Crippen molar-refractivity contribution in [1.29, 1.82) is 0 Å². The Balaban J connectivity index is 1.80. The van der Waals surface area contributed by atoms with Crippen molar-refractivity contribution in [2.24, 2.45) is 0 Å². The lowest BCUT2D eigenvalue weighted by Crippen LogP contribution is -2.53. The molecule has 0 radical (unpaired) electrons. The fraction of sp³-hybridized carbons (Fsp3) is 0.212. The Labute approximate surface area is 263 Å². The first-order valence-electron chi connectivity index (χ1n) is 13.6. The summed E-state index contributed by atoms with van der Waals surface area (Å²) in [6.45, 7) is 3.30. The van der Waals surface area contributed by atoms with Crippen LogP contribution in [-0.2, 0) is 32.6 Å². The predicted octanol–water partition coefficient (Wildman–Crippen LogP) is 6.19. The van der Waals surface area contributed by atoms with Crippen molar-refractivity contribution in [2.45, 2.75) is 37.8 Å². The van der Waals surface area contributed by atoms with Gasteiger partial charge in [-0.05, 0) is 55.3 Å². The molecular weight excluding hydrogens is 605 g/mol. The van der Waals surface area contributed by atoms with E-state index in [1.165, 1.54) is 42.3 Å². The number of benzene rings is 4. The summed E-state index contributed by atoms with van der Waals surface area (Å²) in [5.41, 5.74) is 3.70. The van der Waals surface area contributed by atoms with Crippen LogP contribution in [0.3, 0.4) is 0 Å². The van der Waals surface area contributed by atoms with E-state index in [0.717, 1.165) is 26.6 Å². The Bertz CT molecular complexity index is 1700. The summed E-state index contributed by atoms with van der Waals surface area (Å²) < 4.78 is 29.1. The van der Waals surface area contributed by atoms with Gasteiger partial charge in [-0.15, -0.1) is 0 Å². The van der Waals surface area contributed by atoms with Crippen LogP contribution in [0.5, 0.6) is 0 Å². The predicted molar refractivity (Wildman–Crippen MR) is 172 cm³/mol. The summed E-state index contributed by atoms with van der Waals surface area (Å²) in [4.78, 5) is 29.1. The maximum Gasteiger partial charge on any atom is 0.264 e. The monoisotopic (exact) mass is 637 g/mol. The van der Waals surface area contributed by atoms with Gasteiger partial charge < -0.3 is 10.2 Å². The van der Waals surface area contributed by atoms with E-state index in [1.807, 2.05) is 68.4 Å². The standard InChI is InChI=1S/C33H33Cl2N3O4S/c1-23-12-15-28(16-13-23)43(41,42)38(27-14-17-29(34)30(35)20-27)22-32(39)37(21-26-11-7-8-24(2)18-26)31(33(40)36-3)19-25-9-5-4-6-10-25/h4-18,20,31H,19,21-22H2,1-3H3,(H,36,40)/t31-/m1/s1. The highest BCUT2D eigenvalue weighted by atomic mass is 35.5. The van der Waals surface area contributed by atoms with Crippen LogP contribution in [0, 0.1) is 13.8 Å². The van der Waals surface area contributed by atoms with E-state index >= 15 is 0 Å². The first-order chi connectivity index (χ1) is 20.5. The van der Waals surface area contributed by atoms with E-state index in [1.54, 1.807) is 12.1 Å². The molecule has 1 N–H and O–H groups in total. The second-order valence-electron chi connectivity index (χ2n) is 10.3. The minimum Gasteiger partial charge on any atom is -0.357 e. The number of aryl methyl sites for hydroxylation is 2. The number of carbonyl (C=O) groups excluding carboxylic acids is 2. The molecule has 43 heavy (non-hydrogen) atoms. The zero-order valence-corrected chi connectivity index (χ0v) is 26.5. The first kappa shape index (κ1) is 32.1. The number of hydrogen-bond acceptors (Lipinski definition) is 4. The lowest BCUT2D eigenvalue weighted by molar-refractivity contribution is -0.139. The molecule has 4 rings (SSSR count). The van der Waals surface area contributed by atoms with E-state index in [9.17, 15) is 18.0 Å². The van der Waals surface area contributed by atoms with Crippen molar-refractivity contribution >= 4 is 50.7 Å². The van der Waals surface area contributed by atoms with Gasteiger partial charge in [-0.3, -0.25) is 13.9 Å².